The van der Waals surface area contributed by atoms with Crippen molar-refractivity contribution < 1.29 is 34.2 Å². The number of nitrogens with two attached hydrogens (primary N) is 1. The van der Waals surface area contributed by atoms with Gasteiger partial charge in [0.1, 0.15) is 12.1 Å². The first kappa shape index (κ1) is 21.7. The summed E-state index contributed by atoms with van der Waals surface area (Å²) >= 11 is 3.89. The van der Waals surface area contributed by atoms with Crippen molar-refractivity contribution in [1.82, 2.24) is 16.0 Å². The highest BCUT2D eigenvalue weighted by Gasteiger charge is 2.22. The zero-order valence-corrected chi connectivity index (χ0v) is 13.5. The van der Waals surface area contributed by atoms with Gasteiger partial charge in [-0.15, -0.1) is 0 Å². The molecule has 0 aromatic heterocycles. The van der Waals surface area contributed by atoms with Crippen molar-refractivity contribution in [3.63, 3.8) is 0 Å². The number of rotatable bonds is 11. The molecule has 0 fully saturated rings. The van der Waals surface area contributed by atoms with Crippen molar-refractivity contribution in [2.45, 2.75) is 24.9 Å². The summed E-state index contributed by atoms with van der Waals surface area (Å²) in [6.45, 7) is -0.861. The standard InChI is InChI=1S/C12H20N4O7S/c13-3-8(17)16-7(5-24)11(21)14-4-9(18)15-6(12(22)23)1-2-10(19)20/h6-7,24H,1-5,13H2,(H,14,21)(H,15,18)(H,16,17)(H,19,20)(H,22,23). The Bertz CT molecular complexity index is 500. The van der Waals surface area contributed by atoms with Crippen molar-refractivity contribution in [3.8, 4) is 0 Å². The predicted octanol–water partition coefficient (Wildman–Crippen LogP) is -3.09. The molecule has 2 unspecified atom stereocenters. The number of hydrogen-bond donors (Lipinski definition) is 7. The van der Waals surface area contributed by atoms with E-state index < -0.39 is 54.7 Å². The van der Waals surface area contributed by atoms with Crippen LogP contribution in [-0.4, -0.2) is 70.8 Å². The first-order chi connectivity index (χ1) is 11.2. The highest BCUT2D eigenvalue weighted by Crippen LogP contribution is 1.98. The van der Waals surface area contributed by atoms with Crippen LogP contribution in [0.25, 0.3) is 0 Å². The average molecular weight is 364 g/mol. The number of carboxylic acids is 2. The average Bonchev–Trinajstić information content (AvgIpc) is 2.53. The third-order valence-corrected chi connectivity index (χ3v) is 3.09. The molecule has 0 radical (unpaired) electrons. The van der Waals surface area contributed by atoms with Gasteiger partial charge in [0, 0.05) is 12.2 Å². The molecule has 0 aliphatic carbocycles. The summed E-state index contributed by atoms with van der Waals surface area (Å²) in [6, 6.07) is -2.39. The van der Waals surface area contributed by atoms with E-state index in [4.69, 9.17) is 15.9 Å². The lowest BCUT2D eigenvalue weighted by Gasteiger charge is -2.17. The number of carboxylic acid groups (broad SMARTS) is 2. The Morgan fingerprint density at radius 1 is 1.00 bits per heavy atom. The van der Waals surface area contributed by atoms with E-state index in [0.717, 1.165) is 0 Å². The molecule has 12 heteroatoms. The van der Waals surface area contributed by atoms with Gasteiger partial charge in [-0.1, -0.05) is 0 Å². The van der Waals surface area contributed by atoms with Crippen LogP contribution >= 0.6 is 12.6 Å². The number of amides is 3. The van der Waals surface area contributed by atoms with Gasteiger partial charge >= 0.3 is 11.9 Å². The van der Waals surface area contributed by atoms with Gasteiger partial charge in [0.15, 0.2) is 0 Å². The molecule has 7 N–H and O–H groups in total. The molecular weight excluding hydrogens is 344 g/mol. The van der Waals surface area contributed by atoms with Crippen LogP contribution in [-0.2, 0) is 24.0 Å². The highest BCUT2D eigenvalue weighted by molar-refractivity contribution is 7.80. The molecule has 0 aromatic rings. The van der Waals surface area contributed by atoms with Gasteiger partial charge in [-0.2, -0.15) is 12.6 Å². The molecule has 2 atom stereocenters. The summed E-state index contributed by atoms with van der Waals surface area (Å²) in [5.74, 6) is -4.71. The van der Waals surface area contributed by atoms with Crippen molar-refractivity contribution >= 4 is 42.3 Å². The molecule has 0 bridgehead atoms. The molecule has 24 heavy (non-hydrogen) atoms. The molecule has 0 saturated heterocycles. The summed E-state index contributed by atoms with van der Waals surface area (Å²) in [4.78, 5) is 55.9. The first-order valence-electron chi connectivity index (χ1n) is 6.83. The summed E-state index contributed by atoms with van der Waals surface area (Å²) in [5.41, 5.74) is 5.10. The second kappa shape index (κ2) is 11.2. The summed E-state index contributed by atoms with van der Waals surface area (Å²) < 4.78 is 0. The quantitative estimate of drug-likeness (QED) is 0.188. The van der Waals surface area contributed by atoms with Crippen molar-refractivity contribution in [2.24, 2.45) is 5.73 Å². The normalized spacial score (nSPS) is 12.6. The lowest BCUT2D eigenvalue weighted by atomic mass is 10.1. The van der Waals surface area contributed by atoms with E-state index >= 15 is 0 Å². The number of hydrogen-bond acceptors (Lipinski definition) is 7. The Labute approximate surface area is 142 Å². The van der Waals surface area contributed by atoms with Crippen LogP contribution in [0.2, 0.25) is 0 Å². The Hall–Kier alpha value is -2.34. The second-order valence-corrected chi connectivity index (χ2v) is 4.98. The van der Waals surface area contributed by atoms with Crippen LogP contribution in [0.1, 0.15) is 12.8 Å². The maximum atomic E-state index is 11.8. The van der Waals surface area contributed by atoms with Crippen LogP contribution in [0.4, 0.5) is 0 Å². The van der Waals surface area contributed by atoms with E-state index in [0.29, 0.717) is 0 Å². The Kier molecular flexibility index (Phi) is 10.1. The fourth-order valence-corrected chi connectivity index (χ4v) is 1.77. The minimum atomic E-state index is -1.39. The molecule has 0 aliphatic heterocycles. The fourth-order valence-electron chi connectivity index (χ4n) is 1.51. The monoisotopic (exact) mass is 364 g/mol. The minimum Gasteiger partial charge on any atom is -0.481 e. The van der Waals surface area contributed by atoms with E-state index in [1.807, 2.05) is 0 Å². The van der Waals surface area contributed by atoms with E-state index in [9.17, 15) is 24.0 Å². The predicted molar refractivity (Wildman–Crippen MR) is 84.3 cm³/mol. The minimum absolute atomic E-state index is 0.0322. The molecule has 136 valence electrons. The Balaban J connectivity index is 4.43. The van der Waals surface area contributed by atoms with Gasteiger partial charge in [0.25, 0.3) is 0 Å². The third-order valence-electron chi connectivity index (χ3n) is 2.72. The van der Waals surface area contributed by atoms with Crippen LogP contribution in [0.5, 0.6) is 0 Å². The van der Waals surface area contributed by atoms with Gasteiger partial charge in [-0.25, -0.2) is 4.79 Å². The van der Waals surface area contributed by atoms with Gasteiger partial charge in [-0.05, 0) is 6.42 Å². The van der Waals surface area contributed by atoms with Crippen LogP contribution in [0.3, 0.4) is 0 Å². The SMILES string of the molecule is NCC(=O)NC(CS)C(=O)NCC(=O)NC(CCC(=O)O)C(=O)O. The van der Waals surface area contributed by atoms with E-state index in [1.54, 1.807) is 0 Å². The molecule has 0 heterocycles. The molecule has 3 amide bonds. The first-order valence-corrected chi connectivity index (χ1v) is 7.46. The molecule has 0 aliphatic rings. The Morgan fingerprint density at radius 3 is 2.04 bits per heavy atom. The maximum Gasteiger partial charge on any atom is 0.326 e. The topological polar surface area (TPSA) is 188 Å². The lowest BCUT2D eigenvalue weighted by Crippen LogP contribution is -2.52. The fraction of sp³-hybridized carbons (Fsp3) is 0.583. The number of nitrogens with one attached hydrogen (secondary N) is 3. The smallest absolute Gasteiger partial charge is 0.326 e. The lowest BCUT2D eigenvalue weighted by molar-refractivity contribution is -0.143. The van der Waals surface area contributed by atoms with Crippen molar-refractivity contribution in [3.05, 3.63) is 0 Å². The molecule has 0 aromatic carbocycles. The molecule has 0 rings (SSSR count). The molecular formula is C12H20N4O7S. The van der Waals surface area contributed by atoms with E-state index in [2.05, 4.69) is 28.6 Å². The second-order valence-electron chi connectivity index (χ2n) is 4.62. The summed E-state index contributed by atoms with van der Waals surface area (Å²) in [7, 11) is 0. The summed E-state index contributed by atoms with van der Waals surface area (Å²) in [6.07, 6.45) is -0.730. The van der Waals surface area contributed by atoms with Gasteiger partial charge in [0.2, 0.25) is 17.7 Å². The van der Waals surface area contributed by atoms with Crippen LogP contribution in [0.15, 0.2) is 0 Å². The van der Waals surface area contributed by atoms with Crippen LogP contribution in [0, 0.1) is 0 Å². The van der Waals surface area contributed by atoms with Gasteiger partial charge in [-0.3, -0.25) is 19.2 Å². The molecule has 0 saturated carbocycles. The summed E-state index contributed by atoms with van der Waals surface area (Å²) in [5, 5.41) is 24.0. The largest absolute Gasteiger partial charge is 0.481 e. The van der Waals surface area contributed by atoms with E-state index in [-0.39, 0.29) is 18.7 Å². The number of carbonyl (C=O) groups excluding carboxylic acids is 3. The van der Waals surface area contributed by atoms with Gasteiger partial charge < -0.3 is 31.9 Å². The maximum absolute atomic E-state index is 11.8. The molecule has 0 spiro atoms. The highest BCUT2D eigenvalue weighted by atomic mass is 32.1. The number of thiol groups is 1. The van der Waals surface area contributed by atoms with Crippen molar-refractivity contribution in [1.29, 1.82) is 0 Å². The zero-order valence-electron chi connectivity index (χ0n) is 12.7. The van der Waals surface area contributed by atoms with Crippen LogP contribution < -0.4 is 21.7 Å². The van der Waals surface area contributed by atoms with Gasteiger partial charge in [0.05, 0.1) is 13.1 Å². The zero-order chi connectivity index (χ0) is 18.7. The Morgan fingerprint density at radius 2 is 1.58 bits per heavy atom. The number of carbonyl (C=O) groups is 5. The third kappa shape index (κ3) is 8.95. The number of aliphatic carboxylic acids is 2. The molecule has 11 nitrogen and oxygen atoms in total. The van der Waals surface area contributed by atoms with E-state index in [1.165, 1.54) is 0 Å². The van der Waals surface area contributed by atoms with Crippen molar-refractivity contribution in [2.75, 3.05) is 18.8 Å².